The van der Waals surface area contributed by atoms with Crippen molar-refractivity contribution in [1.82, 2.24) is 5.32 Å². The molecule has 17 heavy (non-hydrogen) atoms. The highest BCUT2D eigenvalue weighted by Crippen LogP contribution is 2.18. The van der Waals surface area contributed by atoms with Crippen LogP contribution in [0, 0.1) is 0 Å². The van der Waals surface area contributed by atoms with Crippen LogP contribution in [-0.4, -0.2) is 24.0 Å². The summed E-state index contributed by atoms with van der Waals surface area (Å²) in [5, 5.41) is 6.61. The predicted molar refractivity (Wildman–Crippen MR) is 64.7 cm³/mol. The van der Waals surface area contributed by atoms with Crippen LogP contribution < -0.4 is 5.32 Å². The summed E-state index contributed by atoms with van der Waals surface area (Å²) in [6.07, 6.45) is 1.58. The summed E-state index contributed by atoms with van der Waals surface area (Å²) in [4.78, 5) is 23.1. The van der Waals surface area contributed by atoms with Crippen LogP contribution in [0.2, 0.25) is 0 Å². The average Bonchev–Trinajstić information content (AvgIpc) is 2.93. The number of hydrogen-bond acceptors (Lipinski definition) is 4. The molecule has 1 aromatic rings. The molecule has 0 spiro atoms. The van der Waals surface area contributed by atoms with Crippen molar-refractivity contribution in [1.29, 1.82) is 0 Å². The highest BCUT2D eigenvalue weighted by Gasteiger charge is 2.27. The molecule has 0 unspecified atom stereocenters. The zero-order valence-corrected chi connectivity index (χ0v) is 10.5. The van der Waals surface area contributed by atoms with Crippen LogP contribution in [-0.2, 0) is 20.7 Å². The lowest BCUT2D eigenvalue weighted by Crippen LogP contribution is -2.37. The van der Waals surface area contributed by atoms with Crippen LogP contribution in [0.15, 0.2) is 16.8 Å². The Kier molecular flexibility index (Phi) is 3.78. The van der Waals surface area contributed by atoms with Gasteiger partial charge < -0.3 is 10.1 Å². The number of ether oxygens (including phenoxy) is 1. The molecule has 1 aromatic heterocycles. The van der Waals surface area contributed by atoms with E-state index >= 15 is 0 Å². The number of hydrogen-bond donors (Lipinski definition) is 1. The van der Waals surface area contributed by atoms with Gasteiger partial charge in [-0.2, -0.15) is 11.3 Å². The lowest BCUT2D eigenvalue weighted by molar-refractivity contribution is -0.154. The Labute approximate surface area is 104 Å². The molecular weight excluding hydrogens is 238 g/mol. The predicted octanol–water partition coefficient (Wildman–Crippen LogP) is 1.50. The SMILES string of the molecule is C[C@@H](OC(=O)Cc1ccsc1)C(=O)NC1CC1. The Bertz CT molecular complexity index is 398. The number of nitrogens with one attached hydrogen (secondary N) is 1. The molecular formula is C12H15NO3S. The molecule has 1 aliphatic rings. The van der Waals surface area contributed by atoms with Crippen LogP contribution in [0.4, 0.5) is 0 Å². The van der Waals surface area contributed by atoms with E-state index in [2.05, 4.69) is 5.32 Å². The maximum atomic E-state index is 11.5. The van der Waals surface area contributed by atoms with E-state index in [9.17, 15) is 9.59 Å². The van der Waals surface area contributed by atoms with Gasteiger partial charge in [-0.1, -0.05) is 0 Å². The Morgan fingerprint density at radius 3 is 2.94 bits per heavy atom. The van der Waals surface area contributed by atoms with Crippen LogP contribution in [0.25, 0.3) is 0 Å². The summed E-state index contributed by atoms with van der Waals surface area (Å²) in [7, 11) is 0. The standard InChI is InChI=1S/C12H15NO3S/c1-8(12(15)13-10-2-3-10)16-11(14)6-9-4-5-17-7-9/h4-5,7-8,10H,2-3,6H2,1H3,(H,13,15)/t8-/m1/s1. The molecule has 0 radical (unpaired) electrons. The number of amides is 1. The minimum Gasteiger partial charge on any atom is -0.452 e. The first-order valence-electron chi connectivity index (χ1n) is 5.66. The number of carbonyl (C=O) groups is 2. The summed E-state index contributed by atoms with van der Waals surface area (Å²) in [5.74, 6) is -0.562. The van der Waals surface area contributed by atoms with Crippen LogP contribution in [0.1, 0.15) is 25.3 Å². The van der Waals surface area contributed by atoms with Gasteiger partial charge in [-0.3, -0.25) is 9.59 Å². The van der Waals surface area contributed by atoms with Crippen molar-refractivity contribution < 1.29 is 14.3 Å². The van der Waals surface area contributed by atoms with Gasteiger partial charge in [0.15, 0.2) is 6.10 Å². The van der Waals surface area contributed by atoms with Crippen molar-refractivity contribution >= 4 is 23.2 Å². The van der Waals surface area contributed by atoms with Gasteiger partial charge in [0, 0.05) is 6.04 Å². The Hall–Kier alpha value is -1.36. The third-order valence-corrected chi connectivity index (χ3v) is 3.26. The second kappa shape index (κ2) is 5.31. The molecule has 2 rings (SSSR count). The Morgan fingerprint density at radius 2 is 2.35 bits per heavy atom. The van der Waals surface area contributed by atoms with E-state index in [-0.39, 0.29) is 18.3 Å². The van der Waals surface area contributed by atoms with Crippen LogP contribution >= 0.6 is 11.3 Å². The van der Waals surface area contributed by atoms with Crippen LogP contribution in [0.3, 0.4) is 0 Å². The normalized spacial score (nSPS) is 16.3. The van der Waals surface area contributed by atoms with Crippen molar-refractivity contribution in [3.63, 3.8) is 0 Å². The van der Waals surface area contributed by atoms with Gasteiger partial charge in [-0.15, -0.1) is 0 Å². The number of thiophene rings is 1. The maximum Gasteiger partial charge on any atom is 0.311 e. The van der Waals surface area contributed by atoms with Crippen molar-refractivity contribution in [2.75, 3.05) is 0 Å². The van der Waals surface area contributed by atoms with Gasteiger partial charge >= 0.3 is 5.97 Å². The fourth-order valence-electron chi connectivity index (χ4n) is 1.40. The fourth-order valence-corrected chi connectivity index (χ4v) is 2.07. The molecule has 0 saturated heterocycles. The first-order valence-corrected chi connectivity index (χ1v) is 6.60. The van der Waals surface area contributed by atoms with Gasteiger partial charge in [0.05, 0.1) is 6.42 Å². The molecule has 5 heteroatoms. The highest BCUT2D eigenvalue weighted by molar-refractivity contribution is 7.07. The van der Waals surface area contributed by atoms with Gasteiger partial charge in [0.2, 0.25) is 0 Å². The van der Waals surface area contributed by atoms with Gasteiger partial charge in [0.1, 0.15) is 0 Å². The minimum atomic E-state index is -0.707. The van der Waals surface area contributed by atoms with E-state index in [1.54, 1.807) is 6.92 Å². The molecule has 1 fully saturated rings. The molecule has 1 atom stereocenters. The maximum absolute atomic E-state index is 11.5. The third kappa shape index (κ3) is 3.85. The highest BCUT2D eigenvalue weighted by atomic mass is 32.1. The molecule has 92 valence electrons. The van der Waals surface area contributed by atoms with E-state index in [1.807, 2.05) is 16.8 Å². The first kappa shape index (κ1) is 12.1. The summed E-state index contributed by atoms with van der Waals surface area (Å²) < 4.78 is 5.07. The molecule has 0 aromatic carbocycles. The van der Waals surface area contributed by atoms with Crippen molar-refractivity contribution in [3.8, 4) is 0 Å². The number of rotatable bonds is 5. The summed E-state index contributed by atoms with van der Waals surface area (Å²) >= 11 is 1.54. The van der Waals surface area contributed by atoms with Crippen molar-refractivity contribution in [2.45, 2.75) is 38.3 Å². The molecule has 1 heterocycles. The van der Waals surface area contributed by atoms with E-state index in [4.69, 9.17) is 4.74 Å². The van der Waals surface area contributed by atoms with Crippen molar-refractivity contribution in [2.24, 2.45) is 0 Å². The third-order valence-electron chi connectivity index (χ3n) is 2.53. The topological polar surface area (TPSA) is 55.4 Å². The largest absolute Gasteiger partial charge is 0.452 e. The molecule has 0 bridgehead atoms. The van der Waals surface area contributed by atoms with Gasteiger partial charge in [-0.25, -0.2) is 0 Å². The van der Waals surface area contributed by atoms with E-state index < -0.39 is 6.10 Å². The number of carbonyl (C=O) groups excluding carboxylic acids is 2. The Morgan fingerprint density at radius 1 is 1.59 bits per heavy atom. The summed E-state index contributed by atoms with van der Waals surface area (Å²) in [5.41, 5.74) is 0.926. The van der Waals surface area contributed by atoms with E-state index in [0.717, 1.165) is 18.4 Å². The smallest absolute Gasteiger partial charge is 0.311 e. The molecule has 1 saturated carbocycles. The lowest BCUT2D eigenvalue weighted by Gasteiger charge is -2.12. The molecule has 4 nitrogen and oxygen atoms in total. The Balaban J connectivity index is 1.75. The fraction of sp³-hybridized carbons (Fsp3) is 0.500. The summed E-state index contributed by atoms with van der Waals surface area (Å²) in [6, 6.07) is 2.17. The zero-order valence-electron chi connectivity index (χ0n) is 9.64. The average molecular weight is 253 g/mol. The molecule has 1 aliphatic carbocycles. The zero-order chi connectivity index (χ0) is 12.3. The molecule has 0 aliphatic heterocycles. The van der Waals surface area contributed by atoms with Gasteiger partial charge in [-0.05, 0) is 42.2 Å². The van der Waals surface area contributed by atoms with Crippen molar-refractivity contribution in [3.05, 3.63) is 22.4 Å². The second-order valence-electron chi connectivity index (χ2n) is 4.22. The van der Waals surface area contributed by atoms with E-state index in [0.29, 0.717) is 6.04 Å². The quantitative estimate of drug-likeness (QED) is 0.809. The minimum absolute atomic E-state index is 0.203. The second-order valence-corrected chi connectivity index (χ2v) is 5.00. The summed E-state index contributed by atoms with van der Waals surface area (Å²) in [6.45, 7) is 1.60. The van der Waals surface area contributed by atoms with Crippen LogP contribution in [0.5, 0.6) is 0 Å². The first-order chi connectivity index (χ1) is 8.15. The van der Waals surface area contributed by atoms with E-state index in [1.165, 1.54) is 11.3 Å². The molecule has 1 N–H and O–H groups in total. The molecule has 1 amide bonds. The monoisotopic (exact) mass is 253 g/mol. The number of esters is 1. The van der Waals surface area contributed by atoms with Gasteiger partial charge in [0.25, 0.3) is 5.91 Å². The lowest BCUT2D eigenvalue weighted by atomic mass is 10.2.